The number of aromatic nitrogens is 3. The number of urea groups is 1. The summed E-state index contributed by atoms with van der Waals surface area (Å²) >= 11 is 0. The van der Waals surface area contributed by atoms with Crippen LogP contribution in [0.15, 0.2) is 36.5 Å². The Morgan fingerprint density at radius 3 is 2.85 bits per heavy atom. The van der Waals surface area contributed by atoms with Gasteiger partial charge in [0, 0.05) is 44.7 Å². The molecule has 1 aliphatic heterocycles. The smallest absolute Gasteiger partial charge is 0.321 e. The van der Waals surface area contributed by atoms with Gasteiger partial charge in [-0.25, -0.2) is 4.79 Å². The number of aliphatic hydroxyl groups is 1. The Morgan fingerprint density at radius 2 is 2.12 bits per heavy atom. The average molecular weight is 459 g/mol. The van der Waals surface area contributed by atoms with Gasteiger partial charge in [0.2, 0.25) is 5.91 Å². The van der Waals surface area contributed by atoms with Crippen LogP contribution in [0.5, 0.6) is 0 Å². The molecular weight excluding hydrogens is 424 g/mol. The molecule has 2 aromatic rings. The van der Waals surface area contributed by atoms with E-state index in [-0.39, 0.29) is 43.2 Å². The van der Waals surface area contributed by atoms with Crippen molar-refractivity contribution in [1.82, 2.24) is 24.8 Å². The average Bonchev–Trinajstić information content (AvgIpc) is 3.27. The Labute approximate surface area is 194 Å². The molecular formula is C23H34N6O4. The van der Waals surface area contributed by atoms with Crippen LogP contribution in [0, 0.1) is 5.92 Å². The molecule has 0 saturated heterocycles. The van der Waals surface area contributed by atoms with Crippen LogP contribution in [0.3, 0.4) is 0 Å². The number of hydrogen-bond donors (Lipinski definition) is 2. The minimum absolute atomic E-state index is 0.0167. The van der Waals surface area contributed by atoms with Crippen LogP contribution in [-0.2, 0) is 22.7 Å². The number of carbonyl (C=O) groups is 2. The van der Waals surface area contributed by atoms with Crippen molar-refractivity contribution in [2.24, 2.45) is 5.92 Å². The number of hydrogen-bond acceptors (Lipinski definition) is 6. The number of nitrogens with zero attached hydrogens (tertiary/aromatic N) is 5. The zero-order valence-corrected chi connectivity index (χ0v) is 19.6. The van der Waals surface area contributed by atoms with Gasteiger partial charge < -0.3 is 25.0 Å². The van der Waals surface area contributed by atoms with Gasteiger partial charge in [0.15, 0.2) is 0 Å². The summed E-state index contributed by atoms with van der Waals surface area (Å²) in [5.41, 5.74) is 1.41. The molecule has 1 aromatic heterocycles. The summed E-state index contributed by atoms with van der Waals surface area (Å²) in [7, 11) is 1.71. The summed E-state index contributed by atoms with van der Waals surface area (Å²) < 4.78 is 7.91. The lowest BCUT2D eigenvalue weighted by Crippen LogP contribution is -2.48. The van der Waals surface area contributed by atoms with E-state index in [4.69, 9.17) is 4.74 Å². The second kappa shape index (κ2) is 11.8. The first kappa shape index (κ1) is 24.7. The Morgan fingerprint density at radius 1 is 1.36 bits per heavy atom. The highest BCUT2D eigenvalue weighted by Crippen LogP contribution is 2.18. The number of fused-ring (bicyclic) bond motifs is 2. The maximum absolute atomic E-state index is 12.9. The van der Waals surface area contributed by atoms with Crippen molar-refractivity contribution in [3.05, 3.63) is 42.2 Å². The number of ether oxygens (including phenoxy) is 1. The molecule has 3 amide bonds. The number of anilines is 1. The molecule has 2 N–H and O–H groups in total. The van der Waals surface area contributed by atoms with Crippen LogP contribution in [0.1, 0.15) is 32.4 Å². The monoisotopic (exact) mass is 458 g/mol. The van der Waals surface area contributed by atoms with Gasteiger partial charge >= 0.3 is 6.03 Å². The summed E-state index contributed by atoms with van der Waals surface area (Å²) in [6.45, 7) is 5.30. The zero-order valence-electron chi connectivity index (χ0n) is 19.6. The van der Waals surface area contributed by atoms with Gasteiger partial charge in [-0.05, 0) is 25.5 Å². The van der Waals surface area contributed by atoms with Crippen molar-refractivity contribution < 1.29 is 19.4 Å². The number of carbonyl (C=O) groups excluding carboxylic acids is 2. The van der Waals surface area contributed by atoms with Crippen molar-refractivity contribution >= 4 is 17.6 Å². The van der Waals surface area contributed by atoms with Crippen LogP contribution >= 0.6 is 0 Å². The minimum atomic E-state index is -0.358. The fraction of sp³-hybridized carbons (Fsp3) is 0.565. The highest BCUT2D eigenvalue weighted by Gasteiger charge is 2.28. The van der Waals surface area contributed by atoms with E-state index in [9.17, 15) is 14.7 Å². The van der Waals surface area contributed by atoms with Gasteiger partial charge in [-0.3, -0.25) is 9.48 Å². The molecule has 180 valence electrons. The van der Waals surface area contributed by atoms with Crippen molar-refractivity contribution in [3.8, 4) is 0 Å². The van der Waals surface area contributed by atoms with E-state index in [1.807, 2.05) is 50.4 Å². The fourth-order valence-electron chi connectivity index (χ4n) is 3.79. The van der Waals surface area contributed by atoms with Gasteiger partial charge in [-0.2, -0.15) is 0 Å². The van der Waals surface area contributed by atoms with Gasteiger partial charge in [-0.1, -0.05) is 30.3 Å². The third-order valence-electron chi connectivity index (χ3n) is 5.87. The minimum Gasteiger partial charge on any atom is -0.394 e. The first-order valence-electron chi connectivity index (χ1n) is 11.4. The predicted molar refractivity (Wildman–Crippen MR) is 123 cm³/mol. The predicted octanol–water partition coefficient (Wildman–Crippen LogP) is 1.97. The molecule has 0 saturated carbocycles. The van der Waals surface area contributed by atoms with E-state index in [0.717, 1.165) is 0 Å². The van der Waals surface area contributed by atoms with Crippen molar-refractivity contribution in [3.63, 3.8) is 0 Å². The number of aliphatic hydroxyl groups excluding tert-OH is 1. The molecule has 10 heteroatoms. The van der Waals surface area contributed by atoms with E-state index in [0.29, 0.717) is 43.9 Å². The van der Waals surface area contributed by atoms with Gasteiger partial charge in [-0.15, -0.1) is 5.10 Å². The van der Waals surface area contributed by atoms with Crippen LogP contribution in [-0.4, -0.2) is 80.7 Å². The maximum Gasteiger partial charge on any atom is 0.321 e. The summed E-state index contributed by atoms with van der Waals surface area (Å²) in [4.78, 5) is 28.9. The number of para-hydroxylation sites is 1. The standard InChI is InChI=1S/C23H34N6O4/c1-17-12-29(18(2)15-30)22(31)10-7-11-28-13-20(25-26-28)16-33-21(17)14-27(3)23(32)24-19-8-5-4-6-9-19/h4-6,8-9,13,17-18,21,30H,7,10-12,14-16H2,1-3H3,(H,24,32)/t17-,18-,21-/m0/s1. The lowest BCUT2D eigenvalue weighted by Gasteiger charge is -2.35. The molecule has 0 radical (unpaired) electrons. The SMILES string of the molecule is C[C@H]1CN([C@@H](C)CO)C(=O)CCCn2cc(nn2)CO[C@H]1CN(C)C(=O)Nc1ccccc1. The summed E-state index contributed by atoms with van der Waals surface area (Å²) in [5, 5.41) is 20.8. The molecule has 2 bridgehead atoms. The van der Waals surface area contributed by atoms with E-state index in [2.05, 4.69) is 15.6 Å². The van der Waals surface area contributed by atoms with Crippen molar-refractivity contribution in [1.29, 1.82) is 0 Å². The fourth-order valence-corrected chi connectivity index (χ4v) is 3.79. The Balaban J connectivity index is 1.75. The molecule has 3 atom stereocenters. The van der Waals surface area contributed by atoms with E-state index in [1.54, 1.807) is 21.5 Å². The normalized spacial score (nSPS) is 20.8. The number of nitrogens with one attached hydrogen (secondary N) is 1. The topological polar surface area (TPSA) is 113 Å². The van der Waals surface area contributed by atoms with E-state index in [1.165, 1.54) is 0 Å². The number of likely N-dealkylation sites (N-methyl/N-ethyl adjacent to an activating group) is 1. The number of aryl methyl sites for hydroxylation is 1. The molecule has 0 spiro atoms. The molecule has 0 unspecified atom stereocenters. The van der Waals surface area contributed by atoms with E-state index >= 15 is 0 Å². The first-order chi connectivity index (χ1) is 15.9. The second-order valence-electron chi connectivity index (χ2n) is 8.66. The largest absolute Gasteiger partial charge is 0.394 e. The van der Waals surface area contributed by atoms with Crippen molar-refractivity contribution in [2.75, 3.05) is 32.1 Å². The summed E-state index contributed by atoms with van der Waals surface area (Å²) in [5.74, 6) is -0.109. The Kier molecular flexibility index (Phi) is 8.79. The summed E-state index contributed by atoms with van der Waals surface area (Å²) in [6.07, 6.45) is 2.46. The van der Waals surface area contributed by atoms with Gasteiger partial charge in [0.05, 0.1) is 31.6 Å². The van der Waals surface area contributed by atoms with E-state index < -0.39 is 0 Å². The molecule has 2 heterocycles. The van der Waals surface area contributed by atoms with Crippen LogP contribution < -0.4 is 5.32 Å². The molecule has 33 heavy (non-hydrogen) atoms. The zero-order chi connectivity index (χ0) is 23.8. The number of rotatable bonds is 5. The molecule has 10 nitrogen and oxygen atoms in total. The molecule has 3 rings (SSSR count). The van der Waals surface area contributed by atoms with Gasteiger partial charge in [0.25, 0.3) is 0 Å². The second-order valence-corrected chi connectivity index (χ2v) is 8.66. The van der Waals surface area contributed by atoms with Crippen LogP contribution in [0.2, 0.25) is 0 Å². The Hall–Kier alpha value is -2.98. The number of benzene rings is 1. The third kappa shape index (κ3) is 7.00. The highest BCUT2D eigenvalue weighted by molar-refractivity contribution is 5.89. The first-order valence-corrected chi connectivity index (χ1v) is 11.4. The molecule has 1 aromatic carbocycles. The van der Waals surface area contributed by atoms with Crippen LogP contribution in [0.4, 0.5) is 10.5 Å². The van der Waals surface area contributed by atoms with Gasteiger partial charge in [0.1, 0.15) is 5.69 Å². The summed E-state index contributed by atoms with van der Waals surface area (Å²) in [6, 6.07) is 8.71. The molecule has 0 fully saturated rings. The maximum atomic E-state index is 12.9. The third-order valence-corrected chi connectivity index (χ3v) is 5.87. The van der Waals surface area contributed by atoms with Crippen LogP contribution in [0.25, 0.3) is 0 Å². The quantitative estimate of drug-likeness (QED) is 0.708. The lowest BCUT2D eigenvalue weighted by atomic mass is 10.0. The molecule has 0 aliphatic carbocycles. The molecule has 1 aliphatic rings. The Bertz CT molecular complexity index is 905. The van der Waals surface area contributed by atoms with Crippen molar-refractivity contribution in [2.45, 2.75) is 52.0 Å². The highest BCUT2D eigenvalue weighted by atomic mass is 16.5. The number of amides is 3. The lowest BCUT2D eigenvalue weighted by molar-refractivity contribution is -0.136.